The van der Waals surface area contributed by atoms with E-state index in [9.17, 15) is 14.0 Å². The molecule has 1 heterocycles. The highest BCUT2D eigenvalue weighted by atomic mass is 19.1. The first kappa shape index (κ1) is 19.6. The summed E-state index contributed by atoms with van der Waals surface area (Å²) in [5, 5.41) is 5.75. The van der Waals surface area contributed by atoms with E-state index >= 15 is 0 Å². The van der Waals surface area contributed by atoms with Crippen molar-refractivity contribution in [2.24, 2.45) is 5.92 Å². The Labute approximate surface area is 173 Å². The van der Waals surface area contributed by atoms with E-state index in [0.717, 1.165) is 16.9 Å². The Bertz CT molecular complexity index is 1050. The van der Waals surface area contributed by atoms with E-state index in [1.807, 2.05) is 30.3 Å². The van der Waals surface area contributed by atoms with Gasteiger partial charge in [-0.3, -0.25) is 9.59 Å². The van der Waals surface area contributed by atoms with Crippen LogP contribution in [0.3, 0.4) is 0 Å². The Morgan fingerprint density at radius 1 is 1.00 bits per heavy atom. The molecular formula is C24H21FN2O3. The van der Waals surface area contributed by atoms with Gasteiger partial charge in [0.05, 0.1) is 5.92 Å². The fourth-order valence-electron chi connectivity index (χ4n) is 3.37. The Hall–Kier alpha value is -3.67. The van der Waals surface area contributed by atoms with Gasteiger partial charge in [0.2, 0.25) is 5.91 Å². The molecule has 30 heavy (non-hydrogen) atoms. The minimum atomic E-state index is -0.335. The number of anilines is 1. The lowest BCUT2D eigenvalue weighted by Crippen LogP contribution is -2.37. The van der Waals surface area contributed by atoms with Gasteiger partial charge in [-0.05, 0) is 60.0 Å². The highest BCUT2D eigenvalue weighted by Gasteiger charge is 2.26. The molecule has 0 spiro atoms. The standard InChI is InChI=1S/C24H21FN2O3/c25-20-8-6-16(7-9-20)14-26-23(28)19-12-18-13-21(10-11-22(18)30-15-19)27-24(29)17-4-2-1-3-5-17/h1-11,13,19H,12,14-15H2,(H,26,28)(H,27,29)/t19-/m0/s1. The Balaban J connectivity index is 1.38. The molecule has 0 saturated heterocycles. The summed E-state index contributed by atoms with van der Waals surface area (Å²) in [5.74, 6) is -0.240. The average Bonchev–Trinajstić information content (AvgIpc) is 2.78. The van der Waals surface area contributed by atoms with Gasteiger partial charge in [-0.15, -0.1) is 0 Å². The van der Waals surface area contributed by atoms with Crippen LogP contribution in [0, 0.1) is 11.7 Å². The van der Waals surface area contributed by atoms with Gasteiger partial charge in [0.1, 0.15) is 18.2 Å². The van der Waals surface area contributed by atoms with Crippen molar-refractivity contribution in [3.05, 3.63) is 95.3 Å². The van der Waals surface area contributed by atoms with Gasteiger partial charge >= 0.3 is 0 Å². The van der Waals surface area contributed by atoms with Gasteiger partial charge in [-0.25, -0.2) is 4.39 Å². The SMILES string of the molecule is O=C(Nc1ccc2c(c1)C[C@H](C(=O)NCc1ccc(F)cc1)CO2)c1ccccc1. The molecule has 0 aromatic heterocycles. The molecule has 0 radical (unpaired) electrons. The monoisotopic (exact) mass is 404 g/mol. The molecule has 1 aliphatic rings. The van der Waals surface area contributed by atoms with E-state index in [4.69, 9.17) is 4.74 Å². The first-order valence-corrected chi connectivity index (χ1v) is 9.73. The number of amides is 2. The molecule has 0 fully saturated rings. The number of ether oxygens (including phenoxy) is 1. The van der Waals surface area contributed by atoms with Crippen LogP contribution in [-0.2, 0) is 17.8 Å². The van der Waals surface area contributed by atoms with Crippen LogP contribution < -0.4 is 15.4 Å². The molecule has 0 aliphatic carbocycles. The number of rotatable bonds is 5. The van der Waals surface area contributed by atoms with Crippen molar-refractivity contribution in [1.82, 2.24) is 5.32 Å². The third kappa shape index (κ3) is 4.66. The third-order valence-electron chi connectivity index (χ3n) is 5.01. The normalized spacial score (nSPS) is 14.9. The second-order valence-corrected chi connectivity index (χ2v) is 7.20. The second-order valence-electron chi connectivity index (χ2n) is 7.20. The maximum atomic E-state index is 13.0. The molecule has 5 nitrogen and oxygen atoms in total. The van der Waals surface area contributed by atoms with E-state index in [1.165, 1.54) is 12.1 Å². The summed E-state index contributed by atoms with van der Waals surface area (Å²) in [6.45, 7) is 0.619. The van der Waals surface area contributed by atoms with Crippen LogP contribution in [0.5, 0.6) is 5.75 Å². The quantitative estimate of drug-likeness (QED) is 0.677. The molecule has 0 saturated carbocycles. The number of hydrogen-bond acceptors (Lipinski definition) is 3. The van der Waals surface area contributed by atoms with Crippen molar-refractivity contribution in [3.8, 4) is 5.75 Å². The summed E-state index contributed by atoms with van der Waals surface area (Å²) in [5.41, 5.74) is 2.92. The minimum Gasteiger partial charge on any atom is -0.492 e. The van der Waals surface area contributed by atoms with E-state index in [-0.39, 0.29) is 30.2 Å². The molecule has 4 rings (SSSR count). The predicted octanol–water partition coefficient (Wildman–Crippen LogP) is 3.95. The number of benzene rings is 3. The second kappa shape index (κ2) is 8.78. The van der Waals surface area contributed by atoms with Crippen LogP contribution in [0.25, 0.3) is 0 Å². The van der Waals surface area contributed by atoms with Crippen molar-refractivity contribution in [2.45, 2.75) is 13.0 Å². The molecule has 3 aromatic carbocycles. The summed E-state index contributed by atoms with van der Waals surface area (Å²) >= 11 is 0. The molecule has 2 amide bonds. The smallest absolute Gasteiger partial charge is 0.255 e. The summed E-state index contributed by atoms with van der Waals surface area (Å²) in [6, 6.07) is 20.4. The summed E-state index contributed by atoms with van der Waals surface area (Å²) in [7, 11) is 0. The largest absolute Gasteiger partial charge is 0.492 e. The van der Waals surface area contributed by atoms with Crippen molar-refractivity contribution in [2.75, 3.05) is 11.9 Å². The van der Waals surface area contributed by atoms with E-state index in [0.29, 0.717) is 24.2 Å². The maximum Gasteiger partial charge on any atom is 0.255 e. The highest BCUT2D eigenvalue weighted by molar-refractivity contribution is 6.04. The third-order valence-corrected chi connectivity index (χ3v) is 5.01. The maximum absolute atomic E-state index is 13.0. The van der Waals surface area contributed by atoms with Crippen molar-refractivity contribution >= 4 is 17.5 Å². The van der Waals surface area contributed by atoms with Gasteiger partial charge in [-0.2, -0.15) is 0 Å². The first-order chi connectivity index (χ1) is 14.6. The number of nitrogens with one attached hydrogen (secondary N) is 2. The van der Waals surface area contributed by atoms with Gasteiger partial charge in [-0.1, -0.05) is 30.3 Å². The molecule has 1 aliphatic heterocycles. The molecule has 1 atom stereocenters. The molecule has 3 aromatic rings. The van der Waals surface area contributed by atoms with Crippen LogP contribution in [0.1, 0.15) is 21.5 Å². The average molecular weight is 404 g/mol. The fourth-order valence-corrected chi connectivity index (χ4v) is 3.37. The van der Waals surface area contributed by atoms with Gasteiger partial charge in [0, 0.05) is 17.8 Å². The summed E-state index contributed by atoms with van der Waals surface area (Å²) in [6.07, 6.45) is 0.514. The highest BCUT2D eigenvalue weighted by Crippen LogP contribution is 2.30. The molecule has 6 heteroatoms. The molecule has 0 unspecified atom stereocenters. The number of halogens is 1. The lowest BCUT2D eigenvalue weighted by molar-refractivity contribution is -0.126. The van der Waals surface area contributed by atoms with E-state index in [2.05, 4.69) is 10.6 Å². The number of fused-ring (bicyclic) bond motifs is 1. The molecule has 2 N–H and O–H groups in total. The van der Waals surface area contributed by atoms with Crippen LogP contribution in [-0.4, -0.2) is 18.4 Å². The molecule has 0 bridgehead atoms. The van der Waals surface area contributed by atoms with Crippen molar-refractivity contribution in [1.29, 1.82) is 0 Å². The Morgan fingerprint density at radius 2 is 1.77 bits per heavy atom. The van der Waals surface area contributed by atoms with Crippen LogP contribution in [0.15, 0.2) is 72.8 Å². The van der Waals surface area contributed by atoms with Crippen molar-refractivity contribution < 1.29 is 18.7 Å². The number of hydrogen-bond donors (Lipinski definition) is 2. The predicted molar refractivity (Wildman–Crippen MR) is 112 cm³/mol. The molecule has 152 valence electrons. The zero-order valence-electron chi connectivity index (χ0n) is 16.2. The lowest BCUT2D eigenvalue weighted by atomic mass is 9.95. The Kier molecular flexibility index (Phi) is 5.75. The van der Waals surface area contributed by atoms with Gasteiger partial charge < -0.3 is 15.4 Å². The minimum absolute atomic E-state index is 0.122. The summed E-state index contributed by atoms with van der Waals surface area (Å²) < 4.78 is 18.7. The van der Waals surface area contributed by atoms with Crippen LogP contribution in [0.4, 0.5) is 10.1 Å². The number of carbonyl (C=O) groups excluding carboxylic acids is 2. The first-order valence-electron chi connectivity index (χ1n) is 9.73. The summed E-state index contributed by atoms with van der Waals surface area (Å²) in [4.78, 5) is 24.9. The van der Waals surface area contributed by atoms with Crippen LogP contribution >= 0.6 is 0 Å². The zero-order valence-corrected chi connectivity index (χ0v) is 16.2. The van der Waals surface area contributed by atoms with E-state index in [1.54, 1.807) is 30.3 Å². The van der Waals surface area contributed by atoms with Gasteiger partial charge in [0.15, 0.2) is 0 Å². The zero-order chi connectivity index (χ0) is 20.9. The topological polar surface area (TPSA) is 67.4 Å². The number of carbonyl (C=O) groups is 2. The van der Waals surface area contributed by atoms with Gasteiger partial charge in [0.25, 0.3) is 5.91 Å². The van der Waals surface area contributed by atoms with E-state index < -0.39 is 0 Å². The van der Waals surface area contributed by atoms with Crippen LogP contribution in [0.2, 0.25) is 0 Å². The lowest BCUT2D eigenvalue weighted by Gasteiger charge is -2.25. The fraction of sp³-hybridized carbons (Fsp3) is 0.167. The Morgan fingerprint density at radius 3 is 2.53 bits per heavy atom. The molecular weight excluding hydrogens is 383 g/mol. The van der Waals surface area contributed by atoms with Crippen molar-refractivity contribution in [3.63, 3.8) is 0 Å².